The van der Waals surface area contributed by atoms with Gasteiger partial charge in [-0.05, 0) is 13.0 Å². The molecule has 2 amide bonds. The fraction of sp³-hybridized carbons (Fsp3) is 0.500. The minimum Gasteiger partial charge on any atom is -0.463 e. The molecule has 2 heterocycles. The average Bonchev–Trinajstić information content (AvgIpc) is 3.09. The first-order valence-corrected chi connectivity index (χ1v) is 11.6. The summed E-state index contributed by atoms with van der Waals surface area (Å²) in [6, 6.07) is 5.80. The van der Waals surface area contributed by atoms with E-state index in [0.29, 0.717) is 17.8 Å². The third kappa shape index (κ3) is 6.42. The molecular weight excluding hydrogens is 490 g/mol. The first-order valence-electron chi connectivity index (χ1n) is 11.6. The summed E-state index contributed by atoms with van der Waals surface area (Å²) in [5.74, 6) is -3.04. The van der Waals surface area contributed by atoms with E-state index in [0.717, 1.165) is 13.8 Å². The predicted octanol–water partition coefficient (Wildman–Crippen LogP) is 0.430. The van der Waals surface area contributed by atoms with Crippen molar-refractivity contribution in [3.05, 3.63) is 29.8 Å². The first-order chi connectivity index (χ1) is 17.5. The Bertz CT molecular complexity index is 1100. The van der Waals surface area contributed by atoms with Gasteiger partial charge in [-0.2, -0.15) is 0 Å². The Morgan fingerprint density at radius 3 is 2.24 bits per heavy atom. The maximum absolute atomic E-state index is 13.0. The highest BCUT2D eigenvalue weighted by molar-refractivity contribution is 6.54. The number of ether oxygens (including phenoxy) is 4. The number of hydrogen-bond acceptors (Lipinski definition) is 11. The standard InChI is InChI=1S/C24H29N3O10/c1-6-27-17-10-8-7-9-16(17)19(23(27)32)26-37-24-20(25-12(2)28)22(35-15(5)31)21(34-14(4)30)18(36-24)11-33-13(3)29/h7-10,18,20-22,24H,6,11H2,1-5H3,(H,25,28)/b26-19-/t18-,20+,21+,22-,24+/m0/s1. The fourth-order valence-electron chi connectivity index (χ4n) is 4.15. The number of nitrogens with zero attached hydrogens (tertiary/aromatic N) is 2. The van der Waals surface area contributed by atoms with Gasteiger partial charge in [0, 0.05) is 39.8 Å². The number of carbonyl (C=O) groups is 5. The summed E-state index contributed by atoms with van der Waals surface area (Å²) in [4.78, 5) is 67.4. The molecule has 0 radical (unpaired) electrons. The smallest absolute Gasteiger partial charge is 0.303 e. The van der Waals surface area contributed by atoms with E-state index in [4.69, 9.17) is 23.8 Å². The Hall–Kier alpha value is -4.00. The SMILES string of the molecule is CCN1C(=O)/C(=N\O[C@H]2O[C@@H](COC(C)=O)[C@@H](OC(C)=O)[C@@H](OC(C)=O)[C@H]2NC(C)=O)c2ccccc21. The Morgan fingerprint density at radius 2 is 1.65 bits per heavy atom. The zero-order valence-corrected chi connectivity index (χ0v) is 21.1. The van der Waals surface area contributed by atoms with Crippen molar-refractivity contribution in [3.8, 4) is 0 Å². The van der Waals surface area contributed by atoms with Gasteiger partial charge in [0.2, 0.25) is 5.91 Å². The number of likely N-dealkylation sites (N-methyl/N-ethyl adjacent to an activating group) is 1. The lowest BCUT2D eigenvalue weighted by Gasteiger charge is -2.43. The molecule has 200 valence electrons. The molecule has 0 aromatic heterocycles. The number of hydrogen-bond donors (Lipinski definition) is 1. The Balaban J connectivity index is 2.00. The van der Waals surface area contributed by atoms with Crippen molar-refractivity contribution >= 4 is 41.1 Å². The minimum absolute atomic E-state index is 0.00491. The van der Waals surface area contributed by atoms with Crippen molar-refractivity contribution in [1.82, 2.24) is 5.32 Å². The van der Waals surface area contributed by atoms with Crippen molar-refractivity contribution in [2.24, 2.45) is 5.16 Å². The number of oxime groups is 1. The van der Waals surface area contributed by atoms with E-state index in [-0.39, 0.29) is 12.3 Å². The fourth-order valence-corrected chi connectivity index (χ4v) is 4.15. The molecule has 2 aliphatic rings. The van der Waals surface area contributed by atoms with Gasteiger partial charge in [-0.25, -0.2) is 0 Å². The third-order valence-electron chi connectivity index (χ3n) is 5.53. The van der Waals surface area contributed by atoms with E-state index < -0.39 is 60.4 Å². The number of anilines is 1. The number of carbonyl (C=O) groups excluding carboxylic acids is 5. The van der Waals surface area contributed by atoms with Gasteiger partial charge >= 0.3 is 17.9 Å². The summed E-state index contributed by atoms with van der Waals surface area (Å²) in [6.45, 7) is 6.49. The summed E-state index contributed by atoms with van der Waals surface area (Å²) in [6.07, 6.45) is -5.16. The predicted molar refractivity (Wildman–Crippen MR) is 126 cm³/mol. The van der Waals surface area contributed by atoms with Gasteiger partial charge in [0.05, 0.1) is 5.69 Å². The quantitative estimate of drug-likeness (QED) is 0.290. The van der Waals surface area contributed by atoms with Gasteiger partial charge in [0.25, 0.3) is 12.2 Å². The van der Waals surface area contributed by atoms with Crippen LogP contribution >= 0.6 is 0 Å². The van der Waals surface area contributed by atoms with Crippen molar-refractivity contribution < 1.29 is 47.8 Å². The molecule has 5 atom stereocenters. The van der Waals surface area contributed by atoms with Crippen molar-refractivity contribution in [2.45, 2.75) is 65.3 Å². The Labute approximate surface area is 213 Å². The van der Waals surface area contributed by atoms with Gasteiger partial charge in [0.15, 0.2) is 17.9 Å². The molecule has 0 saturated carbocycles. The van der Waals surface area contributed by atoms with E-state index in [9.17, 15) is 24.0 Å². The Kier molecular flexibility index (Phi) is 8.81. The van der Waals surface area contributed by atoms with Gasteiger partial charge in [-0.15, -0.1) is 0 Å². The second-order valence-electron chi connectivity index (χ2n) is 8.33. The number of para-hydroxylation sites is 1. The summed E-state index contributed by atoms with van der Waals surface area (Å²) in [7, 11) is 0. The number of esters is 3. The van der Waals surface area contributed by atoms with Crippen molar-refractivity contribution in [2.75, 3.05) is 18.1 Å². The zero-order chi connectivity index (χ0) is 27.3. The van der Waals surface area contributed by atoms with E-state index in [2.05, 4.69) is 10.5 Å². The van der Waals surface area contributed by atoms with Crippen LogP contribution in [0.15, 0.2) is 29.4 Å². The van der Waals surface area contributed by atoms with Gasteiger partial charge in [-0.1, -0.05) is 23.4 Å². The molecule has 0 unspecified atom stereocenters. The molecule has 1 aromatic carbocycles. The van der Waals surface area contributed by atoms with E-state index in [1.807, 2.05) is 6.92 Å². The highest BCUT2D eigenvalue weighted by Gasteiger charge is 2.52. The van der Waals surface area contributed by atoms with Crippen LogP contribution in [0.1, 0.15) is 40.2 Å². The monoisotopic (exact) mass is 519 g/mol. The summed E-state index contributed by atoms with van der Waals surface area (Å²) in [5.41, 5.74) is 1.19. The maximum Gasteiger partial charge on any atom is 0.303 e. The van der Waals surface area contributed by atoms with Gasteiger partial charge in [-0.3, -0.25) is 24.0 Å². The van der Waals surface area contributed by atoms with Gasteiger partial charge < -0.3 is 34.0 Å². The van der Waals surface area contributed by atoms with E-state index in [1.54, 1.807) is 24.3 Å². The third-order valence-corrected chi connectivity index (χ3v) is 5.53. The first kappa shape index (κ1) is 27.6. The lowest BCUT2D eigenvalue weighted by atomic mass is 9.96. The van der Waals surface area contributed by atoms with Crippen LogP contribution in [0.4, 0.5) is 5.69 Å². The number of amides is 2. The molecule has 0 spiro atoms. The average molecular weight is 520 g/mol. The molecular formula is C24H29N3O10. The molecule has 0 bridgehead atoms. The molecule has 1 N–H and O–H groups in total. The number of nitrogens with one attached hydrogen (secondary N) is 1. The number of benzene rings is 1. The van der Waals surface area contributed by atoms with Crippen LogP contribution in [0, 0.1) is 0 Å². The van der Waals surface area contributed by atoms with Crippen LogP contribution in [-0.2, 0) is 47.8 Å². The van der Waals surface area contributed by atoms with E-state index >= 15 is 0 Å². The van der Waals surface area contributed by atoms with Crippen LogP contribution in [-0.4, -0.2) is 79.2 Å². The number of rotatable bonds is 8. The molecule has 1 fully saturated rings. The lowest BCUT2D eigenvalue weighted by Crippen LogP contribution is -2.66. The zero-order valence-electron chi connectivity index (χ0n) is 21.1. The van der Waals surface area contributed by atoms with E-state index in [1.165, 1.54) is 18.7 Å². The van der Waals surface area contributed by atoms with Crippen LogP contribution in [0.3, 0.4) is 0 Å². The minimum atomic E-state index is -1.43. The molecule has 1 aromatic rings. The molecule has 13 heteroatoms. The lowest BCUT2D eigenvalue weighted by molar-refractivity contribution is -0.278. The van der Waals surface area contributed by atoms with Crippen LogP contribution in [0.2, 0.25) is 0 Å². The second kappa shape index (κ2) is 11.8. The molecule has 2 aliphatic heterocycles. The topological polar surface area (TPSA) is 159 Å². The molecule has 13 nitrogen and oxygen atoms in total. The molecule has 0 aliphatic carbocycles. The molecule has 1 saturated heterocycles. The molecule has 3 rings (SSSR count). The Morgan fingerprint density at radius 1 is 1.00 bits per heavy atom. The van der Waals surface area contributed by atoms with Crippen LogP contribution < -0.4 is 10.2 Å². The van der Waals surface area contributed by atoms with Crippen LogP contribution in [0.25, 0.3) is 0 Å². The van der Waals surface area contributed by atoms with Crippen molar-refractivity contribution in [1.29, 1.82) is 0 Å². The maximum atomic E-state index is 13.0. The second-order valence-corrected chi connectivity index (χ2v) is 8.33. The molecule has 37 heavy (non-hydrogen) atoms. The van der Waals surface area contributed by atoms with Crippen LogP contribution in [0.5, 0.6) is 0 Å². The van der Waals surface area contributed by atoms with Gasteiger partial charge in [0.1, 0.15) is 18.8 Å². The summed E-state index contributed by atoms with van der Waals surface area (Å²) < 4.78 is 21.7. The highest BCUT2D eigenvalue weighted by atomic mass is 16.8. The number of fused-ring (bicyclic) bond motifs is 1. The highest BCUT2D eigenvalue weighted by Crippen LogP contribution is 2.31. The largest absolute Gasteiger partial charge is 0.463 e. The summed E-state index contributed by atoms with van der Waals surface area (Å²) >= 11 is 0. The normalized spacial score (nSPS) is 25.8. The van der Waals surface area contributed by atoms with Crippen molar-refractivity contribution in [3.63, 3.8) is 0 Å². The summed E-state index contributed by atoms with van der Waals surface area (Å²) in [5, 5.41) is 6.62.